The molecular weight excluding hydrogens is 238 g/mol. The second-order valence-electron chi connectivity index (χ2n) is 4.27. The molecule has 4 nitrogen and oxygen atoms in total. The highest BCUT2D eigenvalue weighted by atomic mass is 32.1. The number of rotatable bonds is 2. The molecule has 0 bridgehead atoms. The van der Waals surface area contributed by atoms with E-state index in [2.05, 4.69) is 0 Å². The average Bonchev–Trinajstić information content (AvgIpc) is 2.76. The van der Waals surface area contributed by atoms with Crippen molar-refractivity contribution >= 4 is 17.2 Å². The SMILES string of the molecule is COc1ccsc1C(=O)N1C(C)COCC1C. The molecule has 5 heteroatoms. The molecular formula is C12H17NO3S. The number of hydrogen-bond acceptors (Lipinski definition) is 4. The van der Waals surface area contributed by atoms with Crippen molar-refractivity contribution in [3.8, 4) is 5.75 Å². The van der Waals surface area contributed by atoms with Gasteiger partial charge in [0.1, 0.15) is 10.6 Å². The number of carbonyl (C=O) groups is 1. The zero-order valence-electron chi connectivity index (χ0n) is 10.3. The number of methoxy groups -OCH3 is 1. The van der Waals surface area contributed by atoms with Crippen molar-refractivity contribution in [3.63, 3.8) is 0 Å². The van der Waals surface area contributed by atoms with Gasteiger partial charge in [-0.05, 0) is 25.3 Å². The minimum Gasteiger partial charge on any atom is -0.495 e. The Morgan fingerprint density at radius 2 is 2.12 bits per heavy atom. The third-order valence-corrected chi connectivity index (χ3v) is 3.83. The molecule has 0 radical (unpaired) electrons. The summed E-state index contributed by atoms with van der Waals surface area (Å²) < 4.78 is 10.6. The van der Waals surface area contributed by atoms with Crippen LogP contribution >= 0.6 is 11.3 Å². The fourth-order valence-electron chi connectivity index (χ4n) is 2.14. The highest BCUT2D eigenvalue weighted by molar-refractivity contribution is 7.12. The standard InChI is InChI=1S/C12H17NO3S/c1-8-6-16-7-9(2)13(8)12(14)11-10(15-3)4-5-17-11/h4-5,8-9H,6-7H2,1-3H3. The molecule has 2 unspecified atom stereocenters. The zero-order valence-corrected chi connectivity index (χ0v) is 11.1. The van der Waals surface area contributed by atoms with Crippen molar-refractivity contribution < 1.29 is 14.3 Å². The fraction of sp³-hybridized carbons (Fsp3) is 0.583. The first-order chi connectivity index (χ1) is 8.15. The van der Waals surface area contributed by atoms with Crippen LogP contribution in [0.2, 0.25) is 0 Å². The van der Waals surface area contributed by atoms with E-state index in [4.69, 9.17) is 9.47 Å². The quantitative estimate of drug-likeness (QED) is 0.811. The zero-order chi connectivity index (χ0) is 12.4. The van der Waals surface area contributed by atoms with Gasteiger partial charge in [-0.1, -0.05) is 0 Å². The molecule has 0 aromatic carbocycles. The molecule has 1 fully saturated rings. The topological polar surface area (TPSA) is 38.8 Å². The predicted octanol–water partition coefficient (Wildman–Crippen LogP) is 2.01. The maximum Gasteiger partial charge on any atom is 0.268 e. The van der Waals surface area contributed by atoms with Crippen LogP contribution in [0.15, 0.2) is 11.4 Å². The van der Waals surface area contributed by atoms with Crippen LogP contribution in [0.1, 0.15) is 23.5 Å². The maximum absolute atomic E-state index is 12.5. The van der Waals surface area contributed by atoms with Gasteiger partial charge in [0.25, 0.3) is 5.91 Å². The Hall–Kier alpha value is -1.07. The van der Waals surface area contributed by atoms with Crippen molar-refractivity contribution in [3.05, 3.63) is 16.3 Å². The molecule has 0 saturated carbocycles. The van der Waals surface area contributed by atoms with Gasteiger partial charge in [-0.15, -0.1) is 11.3 Å². The first-order valence-corrected chi connectivity index (χ1v) is 6.55. The fourth-order valence-corrected chi connectivity index (χ4v) is 2.94. The summed E-state index contributed by atoms with van der Waals surface area (Å²) in [6.45, 7) is 5.22. The summed E-state index contributed by atoms with van der Waals surface area (Å²) in [6, 6.07) is 2.05. The number of amides is 1. The molecule has 0 aliphatic carbocycles. The third-order valence-electron chi connectivity index (χ3n) is 2.95. The molecule has 17 heavy (non-hydrogen) atoms. The van der Waals surface area contributed by atoms with E-state index in [0.29, 0.717) is 23.8 Å². The molecule has 0 spiro atoms. The predicted molar refractivity (Wildman–Crippen MR) is 66.8 cm³/mol. The number of carbonyl (C=O) groups excluding carboxylic acids is 1. The van der Waals surface area contributed by atoms with Crippen molar-refractivity contribution in [2.24, 2.45) is 0 Å². The number of nitrogens with zero attached hydrogens (tertiary/aromatic N) is 1. The van der Waals surface area contributed by atoms with Gasteiger partial charge >= 0.3 is 0 Å². The highest BCUT2D eigenvalue weighted by Gasteiger charge is 2.32. The smallest absolute Gasteiger partial charge is 0.268 e. The molecule has 2 rings (SSSR count). The number of thiophene rings is 1. The van der Waals surface area contributed by atoms with Gasteiger partial charge in [0.2, 0.25) is 0 Å². The lowest BCUT2D eigenvalue weighted by atomic mass is 10.1. The summed E-state index contributed by atoms with van der Waals surface area (Å²) in [5.74, 6) is 0.700. The van der Waals surface area contributed by atoms with Crippen molar-refractivity contribution in [1.29, 1.82) is 0 Å². The van der Waals surface area contributed by atoms with Crippen LogP contribution in [0.5, 0.6) is 5.75 Å². The second-order valence-corrected chi connectivity index (χ2v) is 5.18. The van der Waals surface area contributed by atoms with Crippen LogP contribution in [0.25, 0.3) is 0 Å². The molecule has 2 atom stereocenters. The summed E-state index contributed by atoms with van der Waals surface area (Å²) in [4.78, 5) is 15.0. The largest absolute Gasteiger partial charge is 0.495 e. The lowest BCUT2D eigenvalue weighted by Gasteiger charge is -2.38. The highest BCUT2D eigenvalue weighted by Crippen LogP contribution is 2.28. The number of ether oxygens (including phenoxy) is 2. The monoisotopic (exact) mass is 255 g/mol. The molecule has 1 aromatic heterocycles. The molecule has 94 valence electrons. The molecule has 1 aromatic rings. The van der Waals surface area contributed by atoms with Gasteiger partial charge in [0.05, 0.1) is 32.4 Å². The second kappa shape index (κ2) is 5.06. The Labute approximate surface area is 105 Å². The Kier molecular flexibility index (Phi) is 3.69. The van der Waals surface area contributed by atoms with Crippen molar-refractivity contribution in [1.82, 2.24) is 4.90 Å². The van der Waals surface area contributed by atoms with E-state index < -0.39 is 0 Å². The lowest BCUT2D eigenvalue weighted by Crippen LogP contribution is -2.52. The number of morpholine rings is 1. The minimum absolute atomic E-state index is 0.0418. The molecule has 1 aliphatic heterocycles. The minimum atomic E-state index is 0.0418. The van der Waals surface area contributed by atoms with Gasteiger partial charge in [0.15, 0.2) is 0 Å². The summed E-state index contributed by atoms with van der Waals surface area (Å²) >= 11 is 1.42. The molecule has 0 N–H and O–H groups in total. The van der Waals surface area contributed by atoms with E-state index >= 15 is 0 Å². The van der Waals surface area contributed by atoms with Crippen molar-refractivity contribution in [2.45, 2.75) is 25.9 Å². The van der Waals surface area contributed by atoms with E-state index in [9.17, 15) is 4.79 Å². The van der Waals surface area contributed by atoms with Crippen molar-refractivity contribution in [2.75, 3.05) is 20.3 Å². The molecule has 1 aliphatic rings. The van der Waals surface area contributed by atoms with Gasteiger partial charge in [-0.2, -0.15) is 0 Å². The van der Waals surface area contributed by atoms with Crippen LogP contribution in [-0.2, 0) is 4.74 Å². The lowest BCUT2D eigenvalue weighted by molar-refractivity contribution is -0.0248. The van der Waals surface area contributed by atoms with Crippen LogP contribution < -0.4 is 4.74 Å². The maximum atomic E-state index is 12.5. The molecule has 1 amide bonds. The summed E-state index contributed by atoms with van der Waals surface area (Å²) in [6.07, 6.45) is 0. The van der Waals surface area contributed by atoms with Gasteiger partial charge in [-0.3, -0.25) is 4.79 Å². The van der Waals surface area contributed by atoms with Crippen LogP contribution in [0.4, 0.5) is 0 Å². The van der Waals surface area contributed by atoms with E-state index in [1.165, 1.54) is 11.3 Å². The first-order valence-electron chi connectivity index (χ1n) is 5.67. The van der Waals surface area contributed by atoms with E-state index in [1.54, 1.807) is 7.11 Å². The summed E-state index contributed by atoms with van der Waals surface area (Å²) in [7, 11) is 1.59. The first kappa shape index (κ1) is 12.4. The van der Waals surface area contributed by atoms with E-state index in [-0.39, 0.29) is 18.0 Å². The Balaban J connectivity index is 2.24. The molecule has 2 heterocycles. The third kappa shape index (κ3) is 2.30. The van der Waals surface area contributed by atoms with Crippen LogP contribution in [0.3, 0.4) is 0 Å². The Morgan fingerprint density at radius 1 is 1.47 bits per heavy atom. The number of hydrogen-bond donors (Lipinski definition) is 0. The molecule has 1 saturated heterocycles. The Morgan fingerprint density at radius 3 is 2.71 bits per heavy atom. The Bertz CT molecular complexity index is 394. The normalized spacial score (nSPS) is 24.8. The van der Waals surface area contributed by atoms with Gasteiger partial charge < -0.3 is 14.4 Å². The van der Waals surface area contributed by atoms with Crippen LogP contribution in [0, 0.1) is 0 Å². The average molecular weight is 255 g/mol. The summed E-state index contributed by atoms with van der Waals surface area (Å²) in [5, 5.41) is 1.88. The van der Waals surface area contributed by atoms with Crippen LogP contribution in [-0.4, -0.2) is 43.2 Å². The van der Waals surface area contributed by atoms with Gasteiger partial charge in [0, 0.05) is 0 Å². The van der Waals surface area contributed by atoms with E-state index in [1.807, 2.05) is 30.2 Å². The van der Waals surface area contributed by atoms with E-state index in [0.717, 1.165) is 0 Å². The summed E-state index contributed by atoms with van der Waals surface area (Å²) in [5.41, 5.74) is 0. The van der Waals surface area contributed by atoms with Gasteiger partial charge in [-0.25, -0.2) is 0 Å².